The number of benzene rings is 2. The van der Waals surface area contributed by atoms with Crippen LogP contribution in [0, 0.1) is 18.6 Å². The van der Waals surface area contributed by atoms with Gasteiger partial charge in [-0.25, -0.2) is 8.78 Å². The van der Waals surface area contributed by atoms with Crippen molar-refractivity contribution in [3.05, 3.63) is 58.8 Å². The van der Waals surface area contributed by atoms with Crippen LogP contribution in [-0.2, 0) is 4.79 Å². The molecule has 1 N–H and O–H groups in total. The fourth-order valence-corrected chi connectivity index (χ4v) is 3.68. The molecule has 1 unspecified atom stereocenters. The Hall–Kier alpha value is -2.89. The van der Waals surface area contributed by atoms with E-state index in [-0.39, 0.29) is 17.5 Å². The van der Waals surface area contributed by atoms with Gasteiger partial charge >= 0.3 is 5.97 Å². The zero-order valence-corrected chi connectivity index (χ0v) is 16.5. The molecule has 0 amide bonds. The third-order valence-electron chi connectivity index (χ3n) is 5.07. The van der Waals surface area contributed by atoms with Gasteiger partial charge < -0.3 is 14.4 Å². The largest absolute Gasteiger partial charge is 0.494 e. The Balaban J connectivity index is 2.51. The Labute approximate surface area is 162 Å². The minimum Gasteiger partial charge on any atom is -0.494 e. The first-order valence-electron chi connectivity index (χ1n) is 9.08. The highest BCUT2D eigenvalue weighted by atomic mass is 19.1. The normalized spacial score (nSPS) is 12.6. The summed E-state index contributed by atoms with van der Waals surface area (Å²) in [5.74, 6) is -2.66. The number of halogens is 2. The number of ether oxygens (including phenoxy) is 1. The van der Waals surface area contributed by atoms with E-state index in [2.05, 4.69) is 0 Å². The number of nitrogens with zero attached hydrogens (tertiary/aromatic N) is 1. The molecule has 0 aliphatic rings. The van der Waals surface area contributed by atoms with Crippen molar-refractivity contribution in [1.29, 1.82) is 0 Å². The summed E-state index contributed by atoms with van der Waals surface area (Å²) in [7, 11) is 1.37. The summed E-state index contributed by atoms with van der Waals surface area (Å²) in [4.78, 5) is 11.8. The maximum atomic E-state index is 14.5. The van der Waals surface area contributed by atoms with Crippen molar-refractivity contribution in [2.24, 2.45) is 0 Å². The fraction of sp³-hybridized carbons (Fsp3) is 0.318. The number of carboxylic acids is 1. The third-order valence-corrected chi connectivity index (χ3v) is 5.07. The van der Waals surface area contributed by atoms with Crippen molar-refractivity contribution in [3.63, 3.8) is 0 Å². The second kappa shape index (κ2) is 7.26. The summed E-state index contributed by atoms with van der Waals surface area (Å²) in [6.07, 6.45) is 0. The molecule has 3 rings (SSSR count). The molecule has 1 heterocycles. The molecular formula is C22H23F2NO3. The number of aliphatic carboxylic acids is 1. The molecule has 3 aromatic rings. The molecule has 0 fully saturated rings. The summed E-state index contributed by atoms with van der Waals surface area (Å²) in [6, 6.07) is 7.54. The Bertz CT molecular complexity index is 1070. The average molecular weight is 387 g/mol. The third kappa shape index (κ3) is 3.13. The van der Waals surface area contributed by atoms with E-state index in [9.17, 15) is 18.7 Å². The van der Waals surface area contributed by atoms with E-state index >= 15 is 0 Å². The van der Waals surface area contributed by atoms with Crippen LogP contribution in [0.3, 0.4) is 0 Å². The van der Waals surface area contributed by atoms with Crippen molar-refractivity contribution < 1.29 is 23.4 Å². The van der Waals surface area contributed by atoms with Gasteiger partial charge in [-0.1, -0.05) is 13.8 Å². The van der Waals surface area contributed by atoms with Crippen LogP contribution < -0.4 is 4.74 Å². The number of hydrogen-bond donors (Lipinski definition) is 1. The zero-order chi connectivity index (χ0) is 20.7. The lowest BCUT2D eigenvalue weighted by atomic mass is 9.93. The molecule has 0 aliphatic heterocycles. The number of carbonyl (C=O) groups is 1. The van der Waals surface area contributed by atoms with E-state index in [1.165, 1.54) is 25.3 Å². The summed E-state index contributed by atoms with van der Waals surface area (Å²) in [5.41, 5.74) is 2.99. The summed E-state index contributed by atoms with van der Waals surface area (Å²) >= 11 is 0. The Morgan fingerprint density at radius 2 is 1.79 bits per heavy atom. The lowest BCUT2D eigenvalue weighted by Gasteiger charge is -2.17. The Morgan fingerprint density at radius 1 is 1.11 bits per heavy atom. The molecule has 6 heteroatoms. The first-order valence-corrected chi connectivity index (χ1v) is 9.08. The Kier molecular flexibility index (Phi) is 5.15. The van der Waals surface area contributed by atoms with Gasteiger partial charge in [0, 0.05) is 22.8 Å². The number of methoxy groups -OCH3 is 1. The van der Waals surface area contributed by atoms with Gasteiger partial charge in [0.25, 0.3) is 0 Å². The highest BCUT2D eigenvalue weighted by Gasteiger charge is 2.29. The van der Waals surface area contributed by atoms with E-state index in [1.807, 2.05) is 18.4 Å². The van der Waals surface area contributed by atoms with E-state index in [0.29, 0.717) is 27.7 Å². The first-order chi connectivity index (χ1) is 13.2. The maximum absolute atomic E-state index is 14.5. The van der Waals surface area contributed by atoms with Gasteiger partial charge in [-0.15, -0.1) is 0 Å². The number of hydrogen-bond acceptors (Lipinski definition) is 2. The van der Waals surface area contributed by atoms with Gasteiger partial charge in [0.2, 0.25) is 0 Å². The van der Waals surface area contributed by atoms with E-state index in [4.69, 9.17) is 4.74 Å². The van der Waals surface area contributed by atoms with Gasteiger partial charge in [0.05, 0.1) is 18.5 Å². The van der Waals surface area contributed by atoms with Crippen molar-refractivity contribution >= 4 is 16.9 Å². The lowest BCUT2D eigenvalue weighted by Crippen LogP contribution is -2.12. The SMILES string of the molecule is COc1cc2c(C(C)C(=O)O)c(C(C)C)n(-c3ccc(F)c(C)c3)c2cc1F. The molecule has 4 nitrogen and oxygen atoms in total. The van der Waals surface area contributed by atoms with Crippen LogP contribution in [0.5, 0.6) is 5.75 Å². The topological polar surface area (TPSA) is 51.5 Å². The molecule has 0 radical (unpaired) electrons. The molecule has 0 aliphatic carbocycles. The fourth-order valence-electron chi connectivity index (χ4n) is 3.68. The second-order valence-electron chi connectivity index (χ2n) is 7.29. The molecule has 0 spiro atoms. The van der Waals surface area contributed by atoms with Crippen molar-refractivity contribution in [2.45, 2.75) is 39.5 Å². The van der Waals surface area contributed by atoms with Crippen LogP contribution in [0.1, 0.15) is 49.4 Å². The summed E-state index contributed by atoms with van der Waals surface area (Å²) in [5, 5.41) is 10.3. The Morgan fingerprint density at radius 3 is 2.32 bits per heavy atom. The van der Waals surface area contributed by atoms with Crippen LogP contribution in [0.4, 0.5) is 8.78 Å². The minimum absolute atomic E-state index is 0.0501. The molecule has 1 atom stereocenters. The molecule has 0 bridgehead atoms. The highest BCUT2D eigenvalue weighted by molar-refractivity contribution is 5.93. The summed E-state index contributed by atoms with van der Waals surface area (Å²) < 4.78 is 35.3. The van der Waals surface area contributed by atoms with Crippen molar-refractivity contribution in [2.75, 3.05) is 7.11 Å². The van der Waals surface area contributed by atoms with E-state index in [0.717, 1.165) is 5.69 Å². The molecule has 2 aromatic carbocycles. The number of aryl methyl sites for hydroxylation is 1. The average Bonchev–Trinajstić information content (AvgIpc) is 2.96. The minimum atomic E-state index is -0.973. The second-order valence-corrected chi connectivity index (χ2v) is 7.29. The first kappa shape index (κ1) is 19.9. The quantitative estimate of drug-likeness (QED) is 0.626. The van der Waals surface area contributed by atoms with E-state index in [1.54, 1.807) is 26.0 Å². The molecule has 28 heavy (non-hydrogen) atoms. The van der Waals surface area contributed by atoms with Crippen LogP contribution in [0.25, 0.3) is 16.6 Å². The number of rotatable bonds is 5. The number of fused-ring (bicyclic) bond motifs is 1. The predicted molar refractivity (Wildman–Crippen MR) is 105 cm³/mol. The number of aromatic nitrogens is 1. The number of carboxylic acid groups (broad SMARTS) is 1. The van der Waals surface area contributed by atoms with Gasteiger partial charge in [-0.2, -0.15) is 0 Å². The van der Waals surface area contributed by atoms with Gasteiger partial charge in [-0.3, -0.25) is 4.79 Å². The molecule has 148 valence electrons. The van der Waals surface area contributed by atoms with Crippen molar-refractivity contribution in [1.82, 2.24) is 4.57 Å². The van der Waals surface area contributed by atoms with Crippen LogP contribution >= 0.6 is 0 Å². The smallest absolute Gasteiger partial charge is 0.310 e. The molecule has 1 aromatic heterocycles. The molecule has 0 saturated carbocycles. The van der Waals surface area contributed by atoms with Gasteiger partial charge in [-0.05, 0) is 55.2 Å². The molecular weight excluding hydrogens is 364 g/mol. The van der Waals surface area contributed by atoms with Crippen LogP contribution in [0.2, 0.25) is 0 Å². The van der Waals surface area contributed by atoms with Gasteiger partial charge in [0.15, 0.2) is 11.6 Å². The van der Waals surface area contributed by atoms with Crippen LogP contribution in [0.15, 0.2) is 30.3 Å². The van der Waals surface area contributed by atoms with Crippen molar-refractivity contribution in [3.8, 4) is 11.4 Å². The maximum Gasteiger partial charge on any atom is 0.310 e. The van der Waals surface area contributed by atoms with Crippen LogP contribution in [-0.4, -0.2) is 22.8 Å². The molecule has 0 saturated heterocycles. The highest BCUT2D eigenvalue weighted by Crippen LogP contribution is 2.40. The standard InChI is InChI=1S/C22H23F2NO3/c1-11(2)21-20(13(4)22(26)27)15-9-19(28-5)17(24)10-18(15)25(21)14-6-7-16(23)12(3)8-14/h6-11,13H,1-5H3,(H,26,27). The predicted octanol–water partition coefficient (Wildman–Crippen LogP) is 5.54. The zero-order valence-electron chi connectivity index (χ0n) is 16.5. The monoisotopic (exact) mass is 387 g/mol. The van der Waals surface area contributed by atoms with E-state index < -0.39 is 17.7 Å². The van der Waals surface area contributed by atoms with Gasteiger partial charge in [0.1, 0.15) is 5.82 Å². The lowest BCUT2D eigenvalue weighted by molar-refractivity contribution is -0.138. The summed E-state index contributed by atoms with van der Waals surface area (Å²) in [6.45, 7) is 7.17.